The molecule has 0 spiro atoms. The molecule has 2 nitrogen and oxygen atoms in total. The van der Waals surface area contributed by atoms with E-state index in [9.17, 15) is 4.79 Å². The topological polar surface area (TPSA) is 30.0 Å². The highest BCUT2D eigenvalue weighted by atomic mass is 35.5. The van der Waals surface area contributed by atoms with Crippen molar-refractivity contribution in [3.63, 3.8) is 0 Å². The molecule has 3 rings (SSSR count). The number of rotatable bonds is 4. The average Bonchev–Trinajstić information content (AvgIpc) is 3.00. The van der Waals surface area contributed by atoms with Crippen LogP contribution in [0.1, 0.15) is 15.2 Å². The van der Waals surface area contributed by atoms with Crippen LogP contribution in [-0.2, 0) is 0 Å². The maximum absolute atomic E-state index is 12.7. The Balaban J connectivity index is 2.02. The molecule has 5 heteroatoms. The molecule has 0 saturated carbocycles. The number of carbonyl (C=O) groups is 1. The molecule has 0 saturated heterocycles. The number of thiazole rings is 1. The van der Waals surface area contributed by atoms with Crippen LogP contribution in [0.4, 0.5) is 0 Å². The number of carbonyl (C=O) groups excluding carboxylic acids is 1. The van der Waals surface area contributed by atoms with E-state index in [2.05, 4.69) is 4.98 Å². The SMILES string of the molecule is CSc1nc(-c2ccc(Cl)cc2)sc1C(=O)c1ccccc1. The van der Waals surface area contributed by atoms with Crippen molar-refractivity contribution in [2.45, 2.75) is 5.03 Å². The summed E-state index contributed by atoms with van der Waals surface area (Å²) in [5, 5.41) is 2.29. The fraction of sp³-hybridized carbons (Fsp3) is 0.0588. The first-order chi connectivity index (χ1) is 10.7. The zero-order valence-corrected chi connectivity index (χ0v) is 14.1. The van der Waals surface area contributed by atoms with Gasteiger partial charge in [0.05, 0.1) is 0 Å². The molecule has 0 fully saturated rings. The van der Waals surface area contributed by atoms with E-state index in [-0.39, 0.29) is 5.78 Å². The Morgan fingerprint density at radius 2 is 1.77 bits per heavy atom. The molecule has 0 aliphatic carbocycles. The highest BCUT2D eigenvalue weighted by Gasteiger charge is 2.19. The van der Waals surface area contributed by atoms with Crippen LogP contribution in [0.25, 0.3) is 10.6 Å². The number of hydrogen-bond acceptors (Lipinski definition) is 4. The molecular weight excluding hydrogens is 334 g/mol. The molecule has 0 N–H and O–H groups in total. The smallest absolute Gasteiger partial charge is 0.205 e. The minimum atomic E-state index is 0.0164. The van der Waals surface area contributed by atoms with Gasteiger partial charge in [-0.25, -0.2) is 4.98 Å². The van der Waals surface area contributed by atoms with E-state index in [1.54, 1.807) is 0 Å². The molecule has 0 radical (unpaired) electrons. The maximum Gasteiger partial charge on any atom is 0.205 e. The van der Waals surface area contributed by atoms with E-state index in [0.29, 0.717) is 15.5 Å². The monoisotopic (exact) mass is 345 g/mol. The zero-order chi connectivity index (χ0) is 15.5. The van der Waals surface area contributed by atoms with Gasteiger partial charge in [0.1, 0.15) is 14.9 Å². The Kier molecular flexibility index (Phi) is 4.62. The molecule has 2 aromatic carbocycles. The lowest BCUT2D eigenvalue weighted by Gasteiger charge is -1.98. The molecule has 0 atom stereocenters. The van der Waals surface area contributed by atoms with Crippen LogP contribution in [0.3, 0.4) is 0 Å². The number of nitrogens with zero attached hydrogens (tertiary/aromatic N) is 1. The van der Waals surface area contributed by atoms with Crippen LogP contribution in [0.5, 0.6) is 0 Å². The number of hydrogen-bond donors (Lipinski definition) is 0. The van der Waals surface area contributed by atoms with Crippen molar-refractivity contribution in [1.29, 1.82) is 0 Å². The van der Waals surface area contributed by atoms with E-state index in [4.69, 9.17) is 11.6 Å². The van der Waals surface area contributed by atoms with Crippen LogP contribution in [-0.4, -0.2) is 17.0 Å². The van der Waals surface area contributed by atoms with Crippen LogP contribution < -0.4 is 0 Å². The van der Waals surface area contributed by atoms with Gasteiger partial charge >= 0.3 is 0 Å². The van der Waals surface area contributed by atoms with Gasteiger partial charge in [-0.3, -0.25) is 4.79 Å². The number of benzene rings is 2. The summed E-state index contributed by atoms with van der Waals surface area (Å²) in [6, 6.07) is 16.8. The summed E-state index contributed by atoms with van der Waals surface area (Å²) in [6.07, 6.45) is 1.93. The molecular formula is C17H12ClNOS2. The highest BCUT2D eigenvalue weighted by molar-refractivity contribution is 7.98. The van der Waals surface area contributed by atoms with Gasteiger partial charge in [0.15, 0.2) is 0 Å². The molecule has 110 valence electrons. The van der Waals surface area contributed by atoms with Crippen LogP contribution in [0.2, 0.25) is 5.02 Å². The van der Waals surface area contributed by atoms with E-state index in [1.807, 2.05) is 60.9 Å². The molecule has 0 aliphatic heterocycles. The fourth-order valence-electron chi connectivity index (χ4n) is 2.02. The van der Waals surface area contributed by atoms with Gasteiger partial charge in [0.25, 0.3) is 0 Å². The lowest BCUT2D eigenvalue weighted by atomic mass is 10.1. The summed E-state index contributed by atoms with van der Waals surface area (Å²) in [6.45, 7) is 0. The summed E-state index contributed by atoms with van der Waals surface area (Å²) < 4.78 is 0. The lowest BCUT2D eigenvalue weighted by Crippen LogP contribution is -1.99. The predicted octanol–water partition coefficient (Wildman–Crippen LogP) is 5.42. The Labute approximate surface area is 142 Å². The molecule has 0 aliphatic rings. The molecule has 22 heavy (non-hydrogen) atoms. The third-order valence-electron chi connectivity index (χ3n) is 3.12. The number of aromatic nitrogens is 1. The molecule has 0 amide bonds. The fourth-order valence-corrected chi connectivity index (χ4v) is 3.97. The second-order valence-corrected chi connectivity index (χ2v) is 6.79. The van der Waals surface area contributed by atoms with Crippen molar-refractivity contribution >= 4 is 40.5 Å². The Morgan fingerprint density at radius 1 is 1.09 bits per heavy atom. The maximum atomic E-state index is 12.7. The van der Waals surface area contributed by atoms with Crippen LogP contribution >= 0.6 is 34.7 Å². The van der Waals surface area contributed by atoms with Gasteiger partial charge in [0, 0.05) is 16.1 Å². The largest absolute Gasteiger partial charge is 0.288 e. The van der Waals surface area contributed by atoms with Crippen molar-refractivity contribution in [3.8, 4) is 10.6 Å². The Hall–Kier alpha value is -1.62. The van der Waals surface area contributed by atoms with Crippen molar-refractivity contribution in [2.24, 2.45) is 0 Å². The lowest BCUT2D eigenvalue weighted by molar-refractivity contribution is 0.103. The van der Waals surface area contributed by atoms with Crippen molar-refractivity contribution in [3.05, 3.63) is 70.1 Å². The van der Waals surface area contributed by atoms with E-state index >= 15 is 0 Å². The summed E-state index contributed by atoms with van der Waals surface area (Å²) >= 11 is 8.83. The molecule has 3 aromatic rings. The second-order valence-electron chi connectivity index (χ2n) is 4.56. The third-order valence-corrected chi connectivity index (χ3v) is 5.29. The van der Waals surface area contributed by atoms with Gasteiger partial charge in [-0.15, -0.1) is 23.1 Å². The molecule has 1 heterocycles. The van der Waals surface area contributed by atoms with E-state index in [1.165, 1.54) is 23.1 Å². The summed E-state index contributed by atoms with van der Waals surface area (Å²) in [4.78, 5) is 17.9. The second kappa shape index (κ2) is 6.65. The van der Waals surface area contributed by atoms with Crippen molar-refractivity contribution in [2.75, 3.05) is 6.26 Å². The van der Waals surface area contributed by atoms with Gasteiger partial charge in [0.2, 0.25) is 5.78 Å². The van der Waals surface area contributed by atoms with Crippen LogP contribution in [0.15, 0.2) is 59.6 Å². The van der Waals surface area contributed by atoms with E-state index in [0.717, 1.165) is 15.6 Å². The normalized spacial score (nSPS) is 10.6. The first-order valence-electron chi connectivity index (χ1n) is 6.59. The number of ketones is 1. The number of halogens is 1. The average molecular weight is 346 g/mol. The van der Waals surface area contributed by atoms with Crippen molar-refractivity contribution < 1.29 is 4.79 Å². The van der Waals surface area contributed by atoms with Crippen molar-refractivity contribution in [1.82, 2.24) is 4.98 Å². The standard InChI is InChI=1S/C17H12ClNOS2/c1-21-17-15(14(20)11-5-3-2-4-6-11)22-16(19-17)12-7-9-13(18)10-8-12/h2-10H,1H3. The summed E-state index contributed by atoms with van der Waals surface area (Å²) in [5.41, 5.74) is 1.65. The first kappa shape index (κ1) is 15.3. The van der Waals surface area contributed by atoms with E-state index < -0.39 is 0 Å². The molecule has 0 bridgehead atoms. The summed E-state index contributed by atoms with van der Waals surface area (Å²) in [7, 11) is 0. The minimum Gasteiger partial charge on any atom is -0.288 e. The number of thioether (sulfide) groups is 1. The first-order valence-corrected chi connectivity index (χ1v) is 9.01. The zero-order valence-electron chi connectivity index (χ0n) is 11.7. The Bertz CT molecular complexity index is 797. The van der Waals surface area contributed by atoms with Gasteiger partial charge < -0.3 is 0 Å². The van der Waals surface area contributed by atoms with Crippen LogP contribution in [0, 0.1) is 0 Å². The molecule has 1 aromatic heterocycles. The summed E-state index contributed by atoms with van der Waals surface area (Å²) in [5.74, 6) is 0.0164. The Morgan fingerprint density at radius 3 is 2.41 bits per heavy atom. The predicted molar refractivity (Wildman–Crippen MR) is 94.2 cm³/mol. The third kappa shape index (κ3) is 3.09. The highest BCUT2D eigenvalue weighted by Crippen LogP contribution is 2.34. The van der Waals surface area contributed by atoms with Gasteiger partial charge in [-0.2, -0.15) is 0 Å². The van der Waals surface area contributed by atoms with Gasteiger partial charge in [-0.05, 0) is 18.4 Å². The van der Waals surface area contributed by atoms with Gasteiger partial charge in [-0.1, -0.05) is 54.1 Å². The minimum absolute atomic E-state index is 0.0164. The quantitative estimate of drug-likeness (QED) is 0.467. The molecule has 0 unspecified atom stereocenters.